The molecule has 1 aliphatic rings. The zero-order valence-electron chi connectivity index (χ0n) is 9.93. The molecular weight excluding hydrogens is 222 g/mol. The molecule has 0 radical (unpaired) electrons. The average molecular weight is 239 g/mol. The Morgan fingerprint density at radius 2 is 2.41 bits per heavy atom. The van der Waals surface area contributed by atoms with Crippen LogP contribution in [-0.2, 0) is 11.3 Å². The topological polar surface area (TPSA) is 79.5 Å². The van der Waals surface area contributed by atoms with Crippen molar-refractivity contribution in [3.8, 4) is 0 Å². The second-order valence-electron chi connectivity index (χ2n) is 4.62. The lowest BCUT2D eigenvalue weighted by Crippen LogP contribution is -2.21. The third-order valence-corrected chi connectivity index (χ3v) is 3.26. The van der Waals surface area contributed by atoms with Crippen molar-refractivity contribution in [3.05, 3.63) is 11.4 Å². The van der Waals surface area contributed by atoms with E-state index in [0.29, 0.717) is 5.92 Å². The fourth-order valence-electron chi connectivity index (χ4n) is 2.22. The summed E-state index contributed by atoms with van der Waals surface area (Å²) in [7, 11) is 0. The lowest BCUT2D eigenvalue weighted by Gasteiger charge is -2.13. The van der Waals surface area contributed by atoms with Crippen LogP contribution in [0.2, 0.25) is 0 Å². The monoisotopic (exact) mass is 239 g/mol. The fraction of sp³-hybridized carbons (Fsp3) is 0.727. The first-order chi connectivity index (χ1) is 8.15. The van der Waals surface area contributed by atoms with Gasteiger partial charge in [0.1, 0.15) is 11.4 Å². The van der Waals surface area contributed by atoms with E-state index in [1.807, 2.05) is 6.92 Å². The normalized spacial score (nSPS) is 20.9. The molecule has 17 heavy (non-hydrogen) atoms. The maximum Gasteiger partial charge on any atom is 0.303 e. The van der Waals surface area contributed by atoms with E-state index in [-0.39, 0.29) is 6.42 Å². The first kappa shape index (κ1) is 12.0. The van der Waals surface area contributed by atoms with E-state index in [1.165, 1.54) is 0 Å². The number of carboxylic acids is 1. The van der Waals surface area contributed by atoms with Crippen molar-refractivity contribution in [1.82, 2.24) is 15.2 Å². The molecule has 1 aromatic heterocycles. The van der Waals surface area contributed by atoms with E-state index in [0.717, 1.165) is 43.9 Å². The Kier molecular flexibility index (Phi) is 3.73. The summed E-state index contributed by atoms with van der Waals surface area (Å²) in [4.78, 5) is 12.8. The highest BCUT2D eigenvalue weighted by Crippen LogP contribution is 2.22. The number of nitrogens with zero attached hydrogens (tertiary/aromatic N) is 3. The standard InChI is InChI=1S/C11H17N3O3/c1-8-10(13-17-12-8)7-14-5-4-9(6-14)2-3-11(15)16/h9H,2-7H2,1H3,(H,15,16). The maximum atomic E-state index is 10.5. The van der Waals surface area contributed by atoms with Gasteiger partial charge < -0.3 is 5.11 Å². The van der Waals surface area contributed by atoms with Gasteiger partial charge in [-0.15, -0.1) is 0 Å². The molecule has 1 fully saturated rings. The molecule has 6 nitrogen and oxygen atoms in total. The van der Waals surface area contributed by atoms with Gasteiger partial charge in [0.05, 0.1) is 0 Å². The molecule has 1 aliphatic heterocycles. The molecule has 0 amide bonds. The highest BCUT2D eigenvalue weighted by Gasteiger charge is 2.24. The summed E-state index contributed by atoms with van der Waals surface area (Å²) in [5.74, 6) is -0.216. The van der Waals surface area contributed by atoms with Crippen LogP contribution in [-0.4, -0.2) is 39.4 Å². The van der Waals surface area contributed by atoms with Gasteiger partial charge in [-0.05, 0) is 32.2 Å². The van der Waals surface area contributed by atoms with Gasteiger partial charge in [-0.3, -0.25) is 9.69 Å². The first-order valence-electron chi connectivity index (χ1n) is 5.87. The molecule has 1 saturated heterocycles. The molecule has 94 valence electrons. The van der Waals surface area contributed by atoms with E-state index >= 15 is 0 Å². The molecule has 0 aliphatic carbocycles. The Morgan fingerprint density at radius 1 is 1.59 bits per heavy atom. The Bertz CT molecular complexity index is 391. The van der Waals surface area contributed by atoms with Crippen LogP contribution in [0, 0.1) is 12.8 Å². The minimum Gasteiger partial charge on any atom is -0.481 e. The second kappa shape index (κ2) is 5.27. The molecule has 0 aromatic carbocycles. The molecule has 2 rings (SSSR count). The van der Waals surface area contributed by atoms with E-state index < -0.39 is 5.97 Å². The molecule has 2 heterocycles. The Morgan fingerprint density at radius 3 is 3.06 bits per heavy atom. The van der Waals surface area contributed by atoms with Crippen LogP contribution in [0.15, 0.2) is 4.63 Å². The van der Waals surface area contributed by atoms with Gasteiger partial charge in [-0.1, -0.05) is 10.3 Å². The smallest absolute Gasteiger partial charge is 0.303 e. The van der Waals surface area contributed by atoms with Crippen LogP contribution in [0.25, 0.3) is 0 Å². The van der Waals surface area contributed by atoms with Gasteiger partial charge in [0.25, 0.3) is 0 Å². The van der Waals surface area contributed by atoms with Crippen LogP contribution >= 0.6 is 0 Å². The minimum absolute atomic E-state index is 0.267. The van der Waals surface area contributed by atoms with Gasteiger partial charge in [0, 0.05) is 19.5 Å². The number of likely N-dealkylation sites (tertiary alicyclic amines) is 1. The third kappa shape index (κ3) is 3.26. The van der Waals surface area contributed by atoms with Gasteiger partial charge in [-0.25, -0.2) is 4.63 Å². The molecular formula is C11H17N3O3. The molecule has 1 N–H and O–H groups in total. The highest BCUT2D eigenvalue weighted by atomic mass is 16.6. The molecule has 0 saturated carbocycles. The molecule has 1 aromatic rings. The summed E-state index contributed by atoms with van der Waals surface area (Å²) in [5.41, 5.74) is 1.71. The first-order valence-corrected chi connectivity index (χ1v) is 5.87. The van der Waals surface area contributed by atoms with Crippen molar-refractivity contribution in [1.29, 1.82) is 0 Å². The van der Waals surface area contributed by atoms with Crippen molar-refractivity contribution in [2.45, 2.75) is 32.7 Å². The van der Waals surface area contributed by atoms with E-state index in [1.54, 1.807) is 0 Å². The van der Waals surface area contributed by atoms with Crippen LogP contribution < -0.4 is 0 Å². The van der Waals surface area contributed by atoms with Crippen LogP contribution in [0.3, 0.4) is 0 Å². The summed E-state index contributed by atoms with van der Waals surface area (Å²) in [6.07, 6.45) is 2.10. The zero-order valence-corrected chi connectivity index (χ0v) is 9.93. The summed E-state index contributed by atoms with van der Waals surface area (Å²) >= 11 is 0. The van der Waals surface area contributed by atoms with Crippen molar-refractivity contribution < 1.29 is 14.5 Å². The number of carbonyl (C=O) groups is 1. The van der Waals surface area contributed by atoms with Crippen LogP contribution in [0.1, 0.15) is 30.7 Å². The van der Waals surface area contributed by atoms with Crippen LogP contribution in [0.4, 0.5) is 0 Å². The maximum absolute atomic E-state index is 10.5. The number of hydrogen-bond donors (Lipinski definition) is 1. The third-order valence-electron chi connectivity index (χ3n) is 3.26. The Hall–Kier alpha value is -1.43. The minimum atomic E-state index is -0.708. The van der Waals surface area contributed by atoms with Crippen molar-refractivity contribution >= 4 is 5.97 Å². The predicted octanol–water partition coefficient (Wildman–Crippen LogP) is 1.06. The van der Waals surface area contributed by atoms with Crippen molar-refractivity contribution in [2.24, 2.45) is 5.92 Å². The second-order valence-corrected chi connectivity index (χ2v) is 4.62. The molecule has 0 bridgehead atoms. The summed E-state index contributed by atoms with van der Waals surface area (Å²) in [6.45, 7) is 4.57. The lowest BCUT2D eigenvalue weighted by molar-refractivity contribution is -0.137. The van der Waals surface area contributed by atoms with E-state index in [4.69, 9.17) is 5.11 Å². The quantitative estimate of drug-likeness (QED) is 0.827. The Labute approximate surface area is 99.6 Å². The van der Waals surface area contributed by atoms with Crippen molar-refractivity contribution in [2.75, 3.05) is 13.1 Å². The summed E-state index contributed by atoms with van der Waals surface area (Å²) in [6, 6.07) is 0. The molecule has 6 heteroatoms. The molecule has 1 unspecified atom stereocenters. The number of aliphatic carboxylic acids is 1. The largest absolute Gasteiger partial charge is 0.481 e. The van der Waals surface area contributed by atoms with Crippen molar-refractivity contribution in [3.63, 3.8) is 0 Å². The van der Waals surface area contributed by atoms with Crippen LogP contribution in [0.5, 0.6) is 0 Å². The van der Waals surface area contributed by atoms with E-state index in [2.05, 4.69) is 19.8 Å². The fourth-order valence-corrected chi connectivity index (χ4v) is 2.22. The molecule has 0 spiro atoms. The van der Waals surface area contributed by atoms with Gasteiger partial charge in [-0.2, -0.15) is 0 Å². The number of hydrogen-bond acceptors (Lipinski definition) is 5. The summed E-state index contributed by atoms with van der Waals surface area (Å²) < 4.78 is 4.66. The number of rotatable bonds is 5. The lowest BCUT2D eigenvalue weighted by atomic mass is 10.0. The number of aryl methyl sites for hydroxylation is 1. The number of aromatic nitrogens is 2. The van der Waals surface area contributed by atoms with Gasteiger partial charge in [0.15, 0.2) is 0 Å². The highest BCUT2D eigenvalue weighted by molar-refractivity contribution is 5.66. The Balaban J connectivity index is 1.78. The SMILES string of the molecule is Cc1nonc1CN1CCC(CCC(=O)O)C1. The van der Waals surface area contributed by atoms with E-state index in [9.17, 15) is 4.79 Å². The predicted molar refractivity (Wildman–Crippen MR) is 59.3 cm³/mol. The number of carboxylic acid groups (broad SMARTS) is 1. The summed E-state index contributed by atoms with van der Waals surface area (Å²) in [5, 5.41) is 16.2. The van der Waals surface area contributed by atoms with Gasteiger partial charge >= 0.3 is 5.97 Å². The average Bonchev–Trinajstić information content (AvgIpc) is 2.87. The van der Waals surface area contributed by atoms with Gasteiger partial charge in [0.2, 0.25) is 0 Å². The molecule has 1 atom stereocenters. The zero-order chi connectivity index (χ0) is 12.3.